The number of halogens is 1. The van der Waals surface area contributed by atoms with Gasteiger partial charge < -0.3 is 10.6 Å². The molecule has 0 spiro atoms. The molecule has 2 saturated carbocycles. The lowest BCUT2D eigenvalue weighted by Crippen LogP contribution is -2.28. The smallest absolute Gasteiger partial charge is 0.256 e. The van der Waals surface area contributed by atoms with Crippen molar-refractivity contribution in [2.24, 2.45) is 7.05 Å². The minimum absolute atomic E-state index is 0.00736. The number of alkyl halides is 1. The lowest BCUT2D eigenvalue weighted by Gasteiger charge is -2.27. The predicted octanol–water partition coefficient (Wildman–Crippen LogP) is 3.64. The Kier molecular flexibility index (Phi) is 6.93. The van der Waals surface area contributed by atoms with Crippen molar-refractivity contribution < 1.29 is 12.8 Å². The Balaban J connectivity index is 1.25. The quantitative estimate of drug-likeness (QED) is 0.325. The molecule has 4 aromatic heterocycles. The Morgan fingerprint density at radius 1 is 1.02 bits per heavy atom. The molecule has 4 aromatic rings. The standard InChI is InChI=1S/C27H28FN9O2S/c1-36-16-18(13-31-36)5-6-19-14-30-26(12-24(19)33-22-4-2-3-21(28)11-22)34-25-9-10-29-27(35-25)20-15-32-37(17-20)40(38,39)23-7-8-23/h9-10,12-17,21-23H,2-4,7-8,11H2,1H3,(H2,29,30,33,34,35). The summed E-state index contributed by atoms with van der Waals surface area (Å²) >= 11 is 0. The Bertz CT molecular complexity index is 1700. The van der Waals surface area contributed by atoms with Gasteiger partial charge in [0, 0.05) is 37.7 Å². The molecule has 206 valence electrons. The summed E-state index contributed by atoms with van der Waals surface area (Å²) in [6.45, 7) is 0. The van der Waals surface area contributed by atoms with Crippen LogP contribution in [0.25, 0.3) is 11.4 Å². The van der Waals surface area contributed by atoms with Gasteiger partial charge >= 0.3 is 0 Å². The highest BCUT2D eigenvalue weighted by Gasteiger charge is 2.37. The van der Waals surface area contributed by atoms with E-state index in [4.69, 9.17) is 0 Å². The number of rotatable bonds is 7. The minimum atomic E-state index is -3.48. The average molecular weight is 562 g/mol. The first-order valence-corrected chi connectivity index (χ1v) is 14.6. The molecule has 11 nitrogen and oxygen atoms in total. The van der Waals surface area contributed by atoms with E-state index < -0.39 is 16.2 Å². The van der Waals surface area contributed by atoms with Crippen LogP contribution in [-0.2, 0) is 17.1 Å². The first-order valence-electron chi connectivity index (χ1n) is 13.1. The molecular formula is C27H28FN9O2S. The second-order valence-electron chi connectivity index (χ2n) is 10.1. The fourth-order valence-electron chi connectivity index (χ4n) is 4.63. The summed E-state index contributed by atoms with van der Waals surface area (Å²) in [5.41, 5.74) is 2.69. The third-order valence-electron chi connectivity index (χ3n) is 6.86. The predicted molar refractivity (Wildman–Crippen MR) is 148 cm³/mol. The molecule has 0 radical (unpaired) electrons. The van der Waals surface area contributed by atoms with Crippen molar-refractivity contribution in [3.63, 3.8) is 0 Å². The number of nitrogens with zero attached hydrogens (tertiary/aromatic N) is 7. The third kappa shape index (κ3) is 5.81. The number of aryl methyl sites for hydroxylation is 1. The molecule has 2 unspecified atom stereocenters. The van der Waals surface area contributed by atoms with Crippen LogP contribution >= 0.6 is 0 Å². The van der Waals surface area contributed by atoms with E-state index in [0.717, 1.165) is 28.2 Å². The molecule has 2 atom stereocenters. The summed E-state index contributed by atoms with van der Waals surface area (Å²) in [6.07, 6.45) is 12.9. The fraction of sp³-hybridized carbons (Fsp3) is 0.370. The van der Waals surface area contributed by atoms with Gasteiger partial charge in [-0.05, 0) is 44.6 Å². The first-order chi connectivity index (χ1) is 19.3. The molecule has 2 fully saturated rings. The SMILES string of the molecule is Cn1cc(C#Cc2cnc(Nc3ccnc(-c4cnn(S(=O)(=O)C5CC5)c4)n3)cc2NC2CCCC(F)C2)cn1. The van der Waals surface area contributed by atoms with Crippen molar-refractivity contribution >= 4 is 27.3 Å². The van der Waals surface area contributed by atoms with Crippen LogP contribution in [0.2, 0.25) is 0 Å². The number of hydrogen-bond acceptors (Lipinski definition) is 9. The van der Waals surface area contributed by atoms with Crippen molar-refractivity contribution in [3.8, 4) is 23.2 Å². The molecule has 0 aromatic carbocycles. The van der Waals surface area contributed by atoms with E-state index in [1.807, 2.05) is 19.3 Å². The molecule has 2 N–H and O–H groups in total. The normalized spacial score (nSPS) is 19.1. The molecular weight excluding hydrogens is 533 g/mol. The van der Waals surface area contributed by atoms with Crippen molar-refractivity contribution in [2.75, 3.05) is 10.6 Å². The van der Waals surface area contributed by atoms with Crippen molar-refractivity contribution in [3.05, 3.63) is 60.4 Å². The van der Waals surface area contributed by atoms with Gasteiger partial charge in [0.25, 0.3) is 10.0 Å². The maximum absolute atomic E-state index is 14.1. The van der Waals surface area contributed by atoms with E-state index >= 15 is 0 Å². The zero-order chi connectivity index (χ0) is 27.7. The number of hydrogen-bond donors (Lipinski definition) is 2. The van der Waals surface area contributed by atoms with E-state index in [0.29, 0.717) is 54.3 Å². The van der Waals surface area contributed by atoms with Crippen LogP contribution in [0.4, 0.5) is 21.7 Å². The lowest BCUT2D eigenvalue weighted by molar-refractivity contribution is 0.239. The topological polar surface area (TPSA) is 133 Å². The van der Waals surface area contributed by atoms with Crippen LogP contribution in [0, 0.1) is 11.8 Å². The first kappa shape index (κ1) is 25.9. The molecule has 2 aliphatic rings. The number of anilines is 3. The molecule has 6 rings (SSSR count). The molecule has 0 saturated heterocycles. The number of pyridine rings is 1. The molecule has 0 bridgehead atoms. The third-order valence-corrected chi connectivity index (χ3v) is 8.89. The van der Waals surface area contributed by atoms with Gasteiger partial charge in [-0.3, -0.25) is 4.68 Å². The summed E-state index contributed by atoms with van der Waals surface area (Å²) in [7, 11) is -1.65. The average Bonchev–Trinajstić information content (AvgIpc) is 3.53. The van der Waals surface area contributed by atoms with Gasteiger partial charge in [0.15, 0.2) is 5.82 Å². The Hall–Kier alpha value is -4.31. The lowest BCUT2D eigenvalue weighted by atomic mass is 9.93. The van der Waals surface area contributed by atoms with Crippen LogP contribution in [-0.4, -0.2) is 59.8 Å². The number of nitrogens with one attached hydrogen (secondary N) is 2. The zero-order valence-corrected chi connectivity index (χ0v) is 22.6. The van der Waals surface area contributed by atoms with Crippen LogP contribution in [0.5, 0.6) is 0 Å². The van der Waals surface area contributed by atoms with Crippen LogP contribution < -0.4 is 10.6 Å². The van der Waals surface area contributed by atoms with Gasteiger partial charge in [-0.2, -0.15) is 14.3 Å². The summed E-state index contributed by atoms with van der Waals surface area (Å²) in [4.78, 5) is 13.3. The molecule has 13 heteroatoms. The van der Waals surface area contributed by atoms with E-state index in [1.165, 1.54) is 12.4 Å². The summed E-state index contributed by atoms with van der Waals surface area (Å²) in [5, 5.41) is 14.5. The highest BCUT2D eigenvalue weighted by molar-refractivity contribution is 7.90. The maximum atomic E-state index is 14.1. The summed E-state index contributed by atoms with van der Waals surface area (Å²) in [5.74, 6) is 7.58. The summed E-state index contributed by atoms with van der Waals surface area (Å²) < 4.78 is 41.8. The fourth-order valence-corrected chi connectivity index (χ4v) is 6.10. The minimum Gasteiger partial charge on any atom is -0.381 e. The van der Waals surface area contributed by atoms with Gasteiger partial charge in [-0.15, -0.1) is 0 Å². The molecule has 0 aliphatic heterocycles. The second kappa shape index (κ2) is 10.7. The van der Waals surface area contributed by atoms with Crippen LogP contribution in [0.15, 0.2) is 49.3 Å². The van der Waals surface area contributed by atoms with Crippen molar-refractivity contribution in [1.82, 2.24) is 33.9 Å². The van der Waals surface area contributed by atoms with Gasteiger partial charge in [-0.1, -0.05) is 11.8 Å². The zero-order valence-electron chi connectivity index (χ0n) is 21.8. The van der Waals surface area contributed by atoms with Gasteiger partial charge in [0.2, 0.25) is 0 Å². The Morgan fingerprint density at radius 2 is 1.90 bits per heavy atom. The second-order valence-corrected chi connectivity index (χ2v) is 12.2. The highest BCUT2D eigenvalue weighted by atomic mass is 32.2. The van der Waals surface area contributed by atoms with Gasteiger partial charge in [-0.25, -0.2) is 27.8 Å². The van der Waals surface area contributed by atoms with Gasteiger partial charge in [0.05, 0.1) is 46.2 Å². The molecule has 40 heavy (non-hydrogen) atoms. The van der Waals surface area contributed by atoms with E-state index in [2.05, 4.69) is 47.6 Å². The number of aromatic nitrogens is 7. The maximum Gasteiger partial charge on any atom is 0.256 e. The monoisotopic (exact) mass is 561 g/mol. The molecule has 0 amide bonds. The Morgan fingerprint density at radius 3 is 2.67 bits per heavy atom. The van der Waals surface area contributed by atoms with E-state index in [-0.39, 0.29) is 11.3 Å². The largest absolute Gasteiger partial charge is 0.381 e. The van der Waals surface area contributed by atoms with Crippen LogP contribution in [0.1, 0.15) is 49.7 Å². The summed E-state index contributed by atoms with van der Waals surface area (Å²) in [6, 6.07) is 3.51. The van der Waals surface area contributed by atoms with Crippen molar-refractivity contribution in [2.45, 2.75) is 56.0 Å². The Labute approximate surface area is 231 Å². The molecule has 4 heterocycles. The van der Waals surface area contributed by atoms with Crippen molar-refractivity contribution in [1.29, 1.82) is 0 Å². The van der Waals surface area contributed by atoms with Crippen LogP contribution in [0.3, 0.4) is 0 Å². The highest BCUT2D eigenvalue weighted by Crippen LogP contribution is 2.31. The van der Waals surface area contributed by atoms with Gasteiger partial charge in [0.1, 0.15) is 17.8 Å². The van der Waals surface area contributed by atoms with E-state index in [9.17, 15) is 12.8 Å². The molecule has 2 aliphatic carbocycles. The van der Waals surface area contributed by atoms with E-state index in [1.54, 1.807) is 29.3 Å².